The van der Waals surface area contributed by atoms with Gasteiger partial charge < -0.3 is 5.32 Å². The van der Waals surface area contributed by atoms with Crippen LogP contribution in [-0.2, 0) is 10.8 Å². The van der Waals surface area contributed by atoms with Crippen LogP contribution < -0.4 is 5.32 Å². The second-order valence-corrected chi connectivity index (χ2v) is 7.48. The molecule has 106 valence electrons. The predicted octanol–water partition coefficient (Wildman–Crippen LogP) is 3.49. The molecule has 0 spiro atoms. The molecule has 2 rings (SSSR count). The zero-order chi connectivity index (χ0) is 14.2. The van der Waals surface area contributed by atoms with Crippen molar-refractivity contribution >= 4 is 10.8 Å². The molecule has 0 radical (unpaired) electrons. The van der Waals surface area contributed by atoms with Crippen LogP contribution in [0.4, 0.5) is 0 Å². The number of aryl methyl sites for hydroxylation is 2. The molecule has 1 N–H and O–H groups in total. The van der Waals surface area contributed by atoms with Gasteiger partial charge in [0.1, 0.15) is 0 Å². The third-order valence-electron chi connectivity index (χ3n) is 4.34. The van der Waals surface area contributed by atoms with Crippen molar-refractivity contribution in [1.29, 1.82) is 0 Å². The van der Waals surface area contributed by atoms with Gasteiger partial charge in [0.05, 0.1) is 10.8 Å². The van der Waals surface area contributed by atoms with Crippen LogP contribution in [0.2, 0.25) is 0 Å². The molecule has 1 aliphatic heterocycles. The third kappa shape index (κ3) is 2.50. The van der Waals surface area contributed by atoms with Crippen LogP contribution in [0, 0.1) is 19.8 Å². The maximum atomic E-state index is 12.7. The standard InChI is InChI=1S/C16H25NOS/c1-6-9-17-15-12(4)13(5)19(18)16-11(3)8-7-10(2)14(15)16/h7-8,12-13,15,17H,6,9H2,1-5H3. The van der Waals surface area contributed by atoms with E-state index >= 15 is 0 Å². The molecule has 0 aliphatic carbocycles. The molecule has 0 saturated heterocycles. The lowest BCUT2D eigenvalue weighted by Crippen LogP contribution is -2.40. The SMILES string of the molecule is CCCNC1c2c(C)ccc(C)c2S(=O)C(C)C1C. The van der Waals surface area contributed by atoms with Crippen molar-refractivity contribution in [1.82, 2.24) is 5.32 Å². The van der Waals surface area contributed by atoms with Crippen molar-refractivity contribution in [2.45, 2.75) is 57.2 Å². The zero-order valence-corrected chi connectivity index (χ0v) is 13.4. The number of fused-ring (bicyclic) bond motifs is 1. The molecule has 1 aliphatic rings. The van der Waals surface area contributed by atoms with E-state index < -0.39 is 10.8 Å². The maximum absolute atomic E-state index is 12.7. The van der Waals surface area contributed by atoms with Gasteiger partial charge in [0.15, 0.2) is 0 Å². The van der Waals surface area contributed by atoms with Gasteiger partial charge in [-0.3, -0.25) is 4.21 Å². The van der Waals surface area contributed by atoms with Crippen molar-refractivity contribution in [3.8, 4) is 0 Å². The quantitative estimate of drug-likeness (QED) is 0.917. The molecule has 1 aromatic rings. The van der Waals surface area contributed by atoms with Crippen LogP contribution in [0.3, 0.4) is 0 Å². The highest BCUT2D eigenvalue weighted by atomic mass is 32.2. The number of nitrogens with one attached hydrogen (secondary N) is 1. The van der Waals surface area contributed by atoms with Crippen LogP contribution >= 0.6 is 0 Å². The van der Waals surface area contributed by atoms with Crippen molar-refractivity contribution in [3.63, 3.8) is 0 Å². The fourth-order valence-corrected chi connectivity index (χ4v) is 4.77. The van der Waals surface area contributed by atoms with E-state index in [9.17, 15) is 4.21 Å². The average molecular weight is 279 g/mol. The van der Waals surface area contributed by atoms with E-state index in [-0.39, 0.29) is 5.25 Å². The summed E-state index contributed by atoms with van der Waals surface area (Å²) >= 11 is 0. The summed E-state index contributed by atoms with van der Waals surface area (Å²) in [5, 5.41) is 3.87. The van der Waals surface area contributed by atoms with E-state index in [0.717, 1.165) is 17.9 Å². The van der Waals surface area contributed by atoms with E-state index in [4.69, 9.17) is 0 Å². The normalized spacial score (nSPS) is 30.2. The minimum atomic E-state index is -0.878. The Bertz CT molecular complexity index is 498. The fraction of sp³-hybridized carbons (Fsp3) is 0.625. The molecule has 0 saturated carbocycles. The monoisotopic (exact) mass is 279 g/mol. The minimum absolute atomic E-state index is 0.211. The Hall–Kier alpha value is -0.670. The first-order chi connectivity index (χ1) is 8.99. The van der Waals surface area contributed by atoms with Gasteiger partial charge in [-0.05, 0) is 49.4 Å². The minimum Gasteiger partial charge on any atom is -0.310 e. The lowest BCUT2D eigenvalue weighted by molar-refractivity contribution is 0.365. The van der Waals surface area contributed by atoms with Crippen LogP contribution in [0.1, 0.15) is 49.9 Å². The van der Waals surface area contributed by atoms with Crippen molar-refractivity contribution in [2.24, 2.45) is 5.92 Å². The molecule has 0 aromatic heterocycles. The van der Waals surface area contributed by atoms with Crippen LogP contribution in [0.5, 0.6) is 0 Å². The van der Waals surface area contributed by atoms with Gasteiger partial charge in [-0.25, -0.2) is 0 Å². The Morgan fingerprint density at radius 1 is 1.21 bits per heavy atom. The van der Waals surface area contributed by atoms with Crippen LogP contribution in [0.25, 0.3) is 0 Å². The Morgan fingerprint density at radius 2 is 1.84 bits per heavy atom. The van der Waals surface area contributed by atoms with E-state index in [2.05, 4.69) is 52.1 Å². The smallest absolute Gasteiger partial charge is 0.0567 e. The van der Waals surface area contributed by atoms with E-state index in [1.54, 1.807) is 0 Å². The molecular formula is C16H25NOS. The summed E-state index contributed by atoms with van der Waals surface area (Å²) in [6.45, 7) is 11.8. The molecule has 0 amide bonds. The van der Waals surface area contributed by atoms with E-state index in [0.29, 0.717) is 12.0 Å². The van der Waals surface area contributed by atoms with E-state index in [1.807, 2.05) is 0 Å². The van der Waals surface area contributed by atoms with Crippen LogP contribution in [-0.4, -0.2) is 16.0 Å². The van der Waals surface area contributed by atoms with Crippen molar-refractivity contribution in [2.75, 3.05) is 6.54 Å². The molecule has 3 heteroatoms. The Morgan fingerprint density at radius 3 is 2.47 bits per heavy atom. The Labute approximate surface area is 119 Å². The molecule has 0 fully saturated rings. The molecule has 0 bridgehead atoms. The topological polar surface area (TPSA) is 29.1 Å². The first-order valence-corrected chi connectivity index (χ1v) is 8.44. The van der Waals surface area contributed by atoms with Gasteiger partial charge in [0.25, 0.3) is 0 Å². The second kappa shape index (κ2) is 5.76. The highest BCUT2D eigenvalue weighted by molar-refractivity contribution is 7.85. The average Bonchev–Trinajstić information content (AvgIpc) is 2.39. The summed E-state index contributed by atoms with van der Waals surface area (Å²) in [6.07, 6.45) is 1.13. The lowest BCUT2D eigenvalue weighted by Gasteiger charge is -2.37. The Kier molecular flexibility index (Phi) is 4.46. The summed E-state index contributed by atoms with van der Waals surface area (Å²) < 4.78 is 12.7. The number of rotatable bonds is 3. The van der Waals surface area contributed by atoms with E-state index in [1.165, 1.54) is 16.7 Å². The lowest BCUT2D eigenvalue weighted by atomic mass is 9.87. The maximum Gasteiger partial charge on any atom is 0.0567 e. The molecule has 1 aromatic carbocycles. The van der Waals surface area contributed by atoms with Gasteiger partial charge >= 0.3 is 0 Å². The van der Waals surface area contributed by atoms with Gasteiger partial charge in [-0.2, -0.15) is 0 Å². The zero-order valence-electron chi connectivity index (χ0n) is 12.6. The largest absolute Gasteiger partial charge is 0.310 e. The third-order valence-corrected chi connectivity index (χ3v) is 6.39. The molecule has 19 heavy (non-hydrogen) atoms. The van der Waals surface area contributed by atoms with Gasteiger partial charge in [0, 0.05) is 16.2 Å². The summed E-state index contributed by atoms with van der Waals surface area (Å²) in [6, 6.07) is 4.60. The second-order valence-electron chi connectivity index (χ2n) is 5.74. The highest BCUT2D eigenvalue weighted by Crippen LogP contribution is 2.41. The molecule has 4 unspecified atom stereocenters. The number of benzene rings is 1. The summed E-state index contributed by atoms with van der Waals surface area (Å²) in [5.74, 6) is 0.403. The van der Waals surface area contributed by atoms with Crippen LogP contribution in [0.15, 0.2) is 17.0 Å². The highest BCUT2D eigenvalue weighted by Gasteiger charge is 2.37. The van der Waals surface area contributed by atoms with Gasteiger partial charge in [-0.15, -0.1) is 0 Å². The first kappa shape index (κ1) is 14.7. The molecule has 4 atom stereocenters. The fourth-order valence-electron chi connectivity index (χ4n) is 2.96. The Balaban J connectivity index is 2.56. The first-order valence-electron chi connectivity index (χ1n) is 7.23. The number of hydrogen-bond donors (Lipinski definition) is 1. The van der Waals surface area contributed by atoms with Gasteiger partial charge in [-0.1, -0.05) is 32.9 Å². The predicted molar refractivity (Wildman–Crippen MR) is 82.0 cm³/mol. The molecule has 2 nitrogen and oxygen atoms in total. The van der Waals surface area contributed by atoms with Gasteiger partial charge in [0.2, 0.25) is 0 Å². The summed E-state index contributed by atoms with van der Waals surface area (Å²) in [4.78, 5) is 1.08. The number of hydrogen-bond acceptors (Lipinski definition) is 2. The van der Waals surface area contributed by atoms with Crippen molar-refractivity contribution in [3.05, 3.63) is 28.8 Å². The summed E-state index contributed by atoms with van der Waals surface area (Å²) in [5.41, 5.74) is 3.72. The van der Waals surface area contributed by atoms with Crippen molar-refractivity contribution < 1.29 is 4.21 Å². The molecule has 1 heterocycles. The summed E-state index contributed by atoms with van der Waals surface area (Å²) in [7, 11) is -0.878. The molecular weight excluding hydrogens is 254 g/mol.